The number of hydrogen-bond acceptors (Lipinski definition) is 3. The SMILES string of the molecule is CC(C)CNCC(C)CN(C)CC1(N(C)C)CCC1. The van der Waals surface area contributed by atoms with Gasteiger partial charge in [0.05, 0.1) is 0 Å². The number of likely N-dealkylation sites (N-methyl/N-ethyl adjacent to an activating group) is 2. The fourth-order valence-corrected chi connectivity index (χ4v) is 3.11. The summed E-state index contributed by atoms with van der Waals surface area (Å²) in [4.78, 5) is 4.97. The molecule has 0 amide bonds. The van der Waals surface area contributed by atoms with E-state index in [1.165, 1.54) is 32.4 Å². The Morgan fingerprint density at radius 3 is 2.11 bits per heavy atom. The van der Waals surface area contributed by atoms with Crippen molar-refractivity contribution in [1.82, 2.24) is 15.1 Å². The summed E-state index contributed by atoms with van der Waals surface area (Å²) < 4.78 is 0. The van der Waals surface area contributed by atoms with E-state index in [4.69, 9.17) is 0 Å². The van der Waals surface area contributed by atoms with Gasteiger partial charge in [0.2, 0.25) is 0 Å². The highest BCUT2D eigenvalue weighted by Gasteiger charge is 2.39. The molecule has 0 aliphatic heterocycles. The van der Waals surface area contributed by atoms with Gasteiger partial charge in [0.1, 0.15) is 0 Å². The van der Waals surface area contributed by atoms with E-state index in [2.05, 4.69) is 57.0 Å². The molecule has 1 aliphatic rings. The molecule has 0 aromatic rings. The smallest absolute Gasteiger partial charge is 0.0330 e. The first kappa shape index (κ1) is 16.9. The van der Waals surface area contributed by atoms with Crippen molar-refractivity contribution in [2.24, 2.45) is 11.8 Å². The van der Waals surface area contributed by atoms with Gasteiger partial charge in [-0.25, -0.2) is 0 Å². The summed E-state index contributed by atoms with van der Waals surface area (Å²) in [5.74, 6) is 1.47. The van der Waals surface area contributed by atoms with Gasteiger partial charge in [-0.3, -0.25) is 0 Å². The van der Waals surface area contributed by atoms with Crippen LogP contribution in [-0.4, -0.2) is 62.7 Å². The molecular formula is C16H35N3. The molecule has 0 heterocycles. The van der Waals surface area contributed by atoms with Crippen LogP contribution >= 0.6 is 0 Å². The van der Waals surface area contributed by atoms with Gasteiger partial charge >= 0.3 is 0 Å². The Hall–Kier alpha value is -0.120. The molecule has 114 valence electrons. The molecule has 1 rings (SSSR count). The van der Waals surface area contributed by atoms with Crippen molar-refractivity contribution in [3.8, 4) is 0 Å². The molecular weight excluding hydrogens is 234 g/mol. The quantitative estimate of drug-likeness (QED) is 0.693. The highest BCUT2D eigenvalue weighted by molar-refractivity contribution is 4.97. The lowest BCUT2D eigenvalue weighted by molar-refractivity contribution is 0.0247. The van der Waals surface area contributed by atoms with E-state index in [9.17, 15) is 0 Å². The van der Waals surface area contributed by atoms with E-state index in [-0.39, 0.29) is 0 Å². The zero-order chi connectivity index (χ0) is 14.5. The fraction of sp³-hybridized carbons (Fsp3) is 1.00. The third kappa shape index (κ3) is 5.41. The third-order valence-electron chi connectivity index (χ3n) is 4.47. The van der Waals surface area contributed by atoms with Gasteiger partial charge in [-0.1, -0.05) is 20.8 Å². The molecule has 0 spiro atoms. The number of rotatable bonds is 9. The van der Waals surface area contributed by atoms with Crippen LogP contribution in [0.2, 0.25) is 0 Å². The monoisotopic (exact) mass is 269 g/mol. The minimum atomic E-state index is 0.458. The predicted molar refractivity (Wildman–Crippen MR) is 84.6 cm³/mol. The van der Waals surface area contributed by atoms with Crippen molar-refractivity contribution in [3.05, 3.63) is 0 Å². The second-order valence-electron chi connectivity index (χ2n) is 7.33. The van der Waals surface area contributed by atoms with Crippen molar-refractivity contribution >= 4 is 0 Å². The summed E-state index contributed by atoms with van der Waals surface area (Å²) in [6.45, 7) is 11.6. The zero-order valence-corrected chi connectivity index (χ0v) is 14.0. The molecule has 1 aliphatic carbocycles. The first-order chi connectivity index (χ1) is 8.85. The van der Waals surface area contributed by atoms with E-state index < -0.39 is 0 Å². The summed E-state index contributed by atoms with van der Waals surface area (Å²) in [5.41, 5.74) is 0.458. The van der Waals surface area contributed by atoms with Crippen LogP contribution in [0.1, 0.15) is 40.0 Å². The Morgan fingerprint density at radius 1 is 1.05 bits per heavy atom. The molecule has 0 radical (unpaired) electrons. The Labute approximate surface area is 120 Å². The maximum atomic E-state index is 3.57. The van der Waals surface area contributed by atoms with Crippen LogP contribution in [0.15, 0.2) is 0 Å². The van der Waals surface area contributed by atoms with Gasteiger partial charge in [-0.2, -0.15) is 0 Å². The summed E-state index contributed by atoms with van der Waals surface area (Å²) >= 11 is 0. The van der Waals surface area contributed by atoms with Crippen molar-refractivity contribution < 1.29 is 0 Å². The van der Waals surface area contributed by atoms with Gasteiger partial charge in [-0.15, -0.1) is 0 Å². The Kier molecular flexibility index (Phi) is 6.78. The molecule has 1 fully saturated rings. The molecule has 19 heavy (non-hydrogen) atoms. The third-order valence-corrected chi connectivity index (χ3v) is 4.47. The summed E-state index contributed by atoms with van der Waals surface area (Å²) in [6, 6.07) is 0. The summed E-state index contributed by atoms with van der Waals surface area (Å²) in [5, 5.41) is 3.57. The lowest BCUT2D eigenvalue weighted by Crippen LogP contribution is -2.57. The van der Waals surface area contributed by atoms with E-state index in [1.54, 1.807) is 0 Å². The van der Waals surface area contributed by atoms with Gasteiger partial charge in [0.15, 0.2) is 0 Å². The van der Waals surface area contributed by atoms with Crippen LogP contribution in [0.3, 0.4) is 0 Å². The molecule has 1 unspecified atom stereocenters. The number of nitrogens with one attached hydrogen (secondary N) is 1. The molecule has 0 bridgehead atoms. The first-order valence-corrected chi connectivity index (χ1v) is 7.92. The van der Waals surface area contributed by atoms with E-state index in [0.717, 1.165) is 24.9 Å². The first-order valence-electron chi connectivity index (χ1n) is 7.92. The van der Waals surface area contributed by atoms with Crippen LogP contribution in [0.5, 0.6) is 0 Å². The molecule has 1 saturated carbocycles. The second-order valence-corrected chi connectivity index (χ2v) is 7.33. The topological polar surface area (TPSA) is 18.5 Å². The fourth-order valence-electron chi connectivity index (χ4n) is 3.11. The largest absolute Gasteiger partial charge is 0.316 e. The summed E-state index contributed by atoms with van der Waals surface area (Å²) in [6.07, 6.45) is 4.13. The molecule has 3 heteroatoms. The maximum absolute atomic E-state index is 3.57. The van der Waals surface area contributed by atoms with Crippen molar-refractivity contribution in [2.75, 3.05) is 47.3 Å². The second kappa shape index (κ2) is 7.61. The average Bonchev–Trinajstić information content (AvgIpc) is 2.22. The van der Waals surface area contributed by atoms with Crippen LogP contribution in [0.25, 0.3) is 0 Å². The lowest BCUT2D eigenvalue weighted by atomic mass is 9.75. The Bertz CT molecular complexity index is 246. The molecule has 0 aromatic carbocycles. The van der Waals surface area contributed by atoms with Gasteiger partial charge in [0.25, 0.3) is 0 Å². The van der Waals surface area contributed by atoms with Crippen LogP contribution < -0.4 is 5.32 Å². The standard InChI is InChI=1S/C16H35N3/c1-14(2)10-17-11-15(3)12-19(6)13-16(18(4)5)8-7-9-16/h14-15,17H,7-13H2,1-6H3. The van der Waals surface area contributed by atoms with Gasteiger partial charge in [-0.05, 0) is 65.3 Å². The molecule has 0 aromatic heterocycles. The Morgan fingerprint density at radius 2 is 1.68 bits per heavy atom. The van der Waals surface area contributed by atoms with Crippen molar-refractivity contribution in [1.29, 1.82) is 0 Å². The minimum absolute atomic E-state index is 0.458. The van der Waals surface area contributed by atoms with Crippen LogP contribution in [-0.2, 0) is 0 Å². The highest BCUT2D eigenvalue weighted by atomic mass is 15.2. The van der Waals surface area contributed by atoms with Crippen LogP contribution in [0.4, 0.5) is 0 Å². The van der Waals surface area contributed by atoms with Gasteiger partial charge in [0, 0.05) is 18.6 Å². The Balaban J connectivity index is 2.24. The maximum Gasteiger partial charge on any atom is 0.0330 e. The highest BCUT2D eigenvalue weighted by Crippen LogP contribution is 2.36. The molecule has 1 N–H and O–H groups in total. The molecule has 0 saturated heterocycles. The average molecular weight is 269 g/mol. The molecule has 3 nitrogen and oxygen atoms in total. The lowest BCUT2D eigenvalue weighted by Gasteiger charge is -2.49. The summed E-state index contributed by atoms with van der Waals surface area (Å²) in [7, 11) is 6.75. The van der Waals surface area contributed by atoms with E-state index >= 15 is 0 Å². The van der Waals surface area contributed by atoms with Crippen LogP contribution in [0, 0.1) is 11.8 Å². The van der Waals surface area contributed by atoms with Crippen molar-refractivity contribution in [2.45, 2.75) is 45.6 Å². The van der Waals surface area contributed by atoms with E-state index in [0.29, 0.717) is 5.54 Å². The van der Waals surface area contributed by atoms with Crippen molar-refractivity contribution in [3.63, 3.8) is 0 Å². The normalized spacial score (nSPS) is 20.1. The predicted octanol–water partition coefficient (Wildman–Crippen LogP) is 2.28. The number of nitrogens with zero attached hydrogens (tertiary/aromatic N) is 2. The van der Waals surface area contributed by atoms with E-state index in [1.807, 2.05) is 0 Å². The zero-order valence-electron chi connectivity index (χ0n) is 14.0. The molecule has 1 atom stereocenters. The minimum Gasteiger partial charge on any atom is -0.316 e. The number of hydrogen-bond donors (Lipinski definition) is 1. The van der Waals surface area contributed by atoms with Gasteiger partial charge < -0.3 is 15.1 Å².